The van der Waals surface area contributed by atoms with Gasteiger partial charge in [0, 0.05) is 19.3 Å². The number of esters is 3. The molecular formula is C65H110O6. The Morgan fingerprint density at radius 1 is 0.296 bits per heavy atom. The van der Waals surface area contributed by atoms with E-state index in [-0.39, 0.29) is 37.5 Å². The van der Waals surface area contributed by atoms with Crippen LogP contribution >= 0.6 is 0 Å². The fourth-order valence-electron chi connectivity index (χ4n) is 8.09. The lowest BCUT2D eigenvalue weighted by Gasteiger charge is -2.18. The number of hydrogen-bond donors (Lipinski definition) is 0. The van der Waals surface area contributed by atoms with Gasteiger partial charge in [-0.1, -0.05) is 240 Å². The Morgan fingerprint density at radius 2 is 0.563 bits per heavy atom. The zero-order chi connectivity index (χ0) is 51.4. The first-order valence-corrected chi connectivity index (χ1v) is 29.7. The highest BCUT2D eigenvalue weighted by Gasteiger charge is 2.19. The number of hydrogen-bond acceptors (Lipinski definition) is 6. The van der Waals surface area contributed by atoms with Gasteiger partial charge >= 0.3 is 17.9 Å². The van der Waals surface area contributed by atoms with Crippen LogP contribution in [0.3, 0.4) is 0 Å². The van der Waals surface area contributed by atoms with Crippen molar-refractivity contribution in [3.63, 3.8) is 0 Å². The lowest BCUT2D eigenvalue weighted by atomic mass is 10.1. The number of allylic oxidation sites excluding steroid dienone is 16. The molecule has 0 heterocycles. The van der Waals surface area contributed by atoms with Gasteiger partial charge in [-0.05, 0) is 116 Å². The first-order valence-electron chi connectivity index (χ1n) is 29.7. The Hall–Kier alpha value is -3.67. The van der Waals surface area contributed by atoms with Crippen LogP contribution in [0.4, 0.5) is 0 Å². The maximum Gasteiger partial charge on any atom is 0.306 e. The summed E-state index contributed by atoms with van der Waals surface area (Å²) in [6.07, 6.45) is 78.3. The summed E-state index contributed by atoms with van der Waals surface area (Å²) in [5, 5.41) is 0. The van der Waals surface area contributed by atoms with Gasteiger partial charge in [-0.15, -0.1) is 0 Å². The number of ether oxygens (including phenoxy) is 3. The van der Waals surface area contributed by atoms with Gasteiger partial charge in [-0.25, -0.2) is 0 Å². The summed E-state index contributed by atoms with van der Waals surface area (Å²) in [5.41, 5.74) is 0. The highest BCUT2D eigenvalue weighted by molar-refractivity contribution is 5.71. The average Bonchev–Trinajstić information content (AvgIpc) is 3.37. The predicted octanol–water partition coefficient (Wildman–Crippen LogP) is 20.1. The van der Waals surface area contributed by atoms with Crippen molar-refractivity contribution in [2.75, 3.05) is 13.2 Å². The van der Waals surface area contributed by atoms with Crippen molar-refractivity contribution in [1.82, 2.24) is 0 Å². The standard InChI is InChI=1S/C65H110O6/c1-4-7-10-13-16-19-22-25-28-31-32-35-37-40-43-46-49-52-55-58-64(67)70-61-62(71-65(68)59-56-53-50-47-44-41-38-34-30-27-24-21-18-15-12-9-6-3)60-69-63(66)57-54-51-48-45-42-39-36-33-29-26-23-20-17-14-11-8-5-2/h8,11,17-18,20-21,25-30,36,39,45,48,62H,4-7,9-10,12-16,19,22-24,31-35,37-38,40-44,46-47,49-61H2,1-3H3/b11-8-,20-17-,21-18-,28-25-,29-26-,30-27-,39-36-,48-45-/t62-/m1/s1. The van der Waals surface area contributed by atoms with Crippen LogP contribution in [0.5, 0.6) is 0 Å². The fourth-order valence-corrected chi connectivity index (χ4v) is 8.09. The summed E-state index contributed by atoms with van der Waals surface area (Å²) < 4.78 is 16.8. The molecule has 1 atom stereocenters. The van der Waals surface area contributed by atoms with Gasteiger partial charge in [-0.2, -0.15) is 0 Å². The van der Waals surface area contributed by atoms with Crippen LogP contribution in [0, 0.1) is 0 Å². The first-order chi connectivity index (χ1) is 35.0. The van der Waals surface area contributed by atoms with E-state index in [0.717, 1.165) is 89.9 Å². The van der Waals surface area contributed by atoms with Crippen LogP contribution < -0.4 is 0 Å². The minimum atomic E-state index is -0.807. The lowest BCUT2D eigenvalue weighted by Crippen LogP contribution is -2.30. The van der Waals surface area contributed by atoms with E-state index in [0.29, 0.717) is 19.3 Å². The molecule has 0 aromatic heterocycles. The van der Waals surface area contributed by atoms with Crippen molar-refractivity contribution in [1.29, 1.82) is 0 Å². The highest BCUT2D eigenvalue weighted by atomic mass is 16.6. The average molecular weight is 988 g/mol. The van der Waals surface area contributed by atoms with E-state index in [2.05, 4.69) is 118 Å². The zero-order valence-corrected chi connectivity index (χ0v) is 46.5. The molecule has 0 aliphatic heterocycles. The number of rotatable bonds is 53. The van der Waals surface area contributed by atoms with E-state index < -0.39 is 6.10 Å². The molecule has 0 saturated carbocycles. The van der Waals surface area contributed by atoms with Crippen LogP contribution in [0.25, 0.3) is 0 Å². The number of unbranched alkanes of at least 4 members (excludes halogenated alkanes) is 26. The normalized spacial score (nSPS) is 12.8. The molecule has 0 aliphatic rings. The molecule has 0 amide bonds. The van der Waals surface area contributed by atoms with Crippen molar-refractivity contribution in [2.24, 2.45) is 0 Å². The number of carbonyl (C=O) groups excluding carboxylic acids is 3. The van der Waals surface area contributed by atoms with Gasteiger partial charge in [0.25, 0.3) is 0 Å². The molecule has 0 bridgehead atoms. The highest BCUT2D eigenvalue weighted by Crippen LogP contribution is 2.15. The molecule has 0 aromatic rings. The van der Waals surface area contributed by atoms with Crippen LogP contribution in [-0.4, -0.2) is 37.2 Å². The molecule has 0 fully saturated rings. The molecule has 0 radical (unpaired) electrons. The van der Waals surface area contributed by atoms with Crippen LogP contribution in [0.1, 0.15) is 278 Å². The molecule has 0 rings (SSSR count). The molecule has 0 spiro atoms. The summed E-state index contributed by atoms with van der Waals surface area (Å²) in [7, 11) is 0. The van der Waals surface area contributed by atoms with E-state index in [9.17, 15) is 14.4 Å². The fraction of sp³-hybridized carbons (Fsp3) is 0.708. The maximum absolute atomic E-state index is 12.9. The van der Waals surface area contributed by atoms with Gasteiger partial charge in [-0.3, -0.25) is 14.4 Å². The Morgan fingerprint density at radius 3 is 0.958 bits per heavy atom. The molecule has 6 nitrogen and oxygen atoms in total. The first kappa shape index (κ1) is 67.3. The summed E-state index contributed by atoms with van der Waals surface area (Å²) in [6, 6.07) is 0. The minimum Gasteiger partial charge on any atom is -0.462 e. The Kier molecular flexibility index (Phi) is 55.9. The maximum atomic E-state index is 12.9. The smallest absolute Gasteiger partial charge is 0.306 e. The molecule has 0 unspecified atom stereocenters. The third-order valence-electron chi connectivity index (χ3n) is 12.5. The Bertz CT molecular complexity index is 1410. The van der Waals surface area contributed by atoms with Crippen LogP contribution in [0.15, 0.2) is 97.2 Å². The third kappa shape index (κ3) is 57.1. The SMILES string of the molecule is CC/C=C\C/C=C\C/C=C\C/C=C\C/C=C\CCCC(=O)OC[C@H](COC(=O)CCCCCCCCCCC/C=C\CCCCCCCC)OC(=O)CCCCCCCCC/C=C\C/C=C\CCCCC. The molecular weight excluding hydrogens is 877 g/mol. The summed E-state index contributed by atoms with van der Waals surface area (Å²) in [6.45, 7) is 6.46. The van der Waals surface area contributed by atoms with Crippen LogP contribution in [-0.2, 0) is 28.6 Å². The monoisotopic (exact) mass is 987 g/mol. The van der Waals surface area contributed by atoms with Gasteiger partial charge in [0.15, 0.2) is 6.10 Å². The topological polar surface area (TPSA) is 78.9 Å². The molecule has 6 heteroatoms. The Balaban J connectivity index is 4.47. The predicted molar refractivity (Wildman–Crippen MR) is 307 cm³/mol. The molecule has 0 N–H and O–H groups in total. The van der Waals surface area contributed by atoms with Gasteiger partial charge in [0.1, 0.15) is 13.2 Å². The second kappa shape index (κ2) is 58.9. The molecule has 71 heavy (non-hydrogen) atoms. The summed E-state index contributed by atoms with van der Waals surface area (Å²) >= 11 is 0. The molecule has 0 aromatic carbocycles. The molecule has 406 valence electrons. The lowest BCUT2D eigenvalue weighted by molar-refractivity contribution is -0.167. The quantitative estimate of drug-likeness (QED) is 0.0261. The van der Waals surface area contributed by atoms with Gasteiger partial charge in [0.2, 0.25) is 0 Å². The largest absolute Gasteiger partial charge is 0.462 e. The molecule has 0 aliphatic carbocycles. The summed E-state index contributed by atoms with van der Waals surface area (Å²) in [5.74, 6) is -0.965. The van der Waals surface area contributed by atoms with E-state index in [4.69, 9.17) is 14.2 Å². The van der Waals surface area contributed by atoms with E-state index in [1.165, 1.54) is 141 Å². The van der Waals surface area contributed by atoms with Crippen molar-refractivity contribution >= 4 is 17.9 Å². The Labute approximate surface area is 438 Å². The van der Waals surface area contributed by atoms with E-state index in [1.807, 2.05) is 0 Å². The third-order valence-corrected chi connectivity index (χ3v) is 12.5. The summed E-state index contributed by atoms with van der Waals surface area (Å²) in [4.78, 5) is 38.2. The molecule has 0 saturated heterocycles. The van der Waals surface area contributed by atoms with Gasteiger partial charge in [0.05, 0.1) is 0 Å². The van der Waals surface area contributed by atoms with E-state index in [1.54, 1.807) is 0 Å². The van der Waals surface area contributed by atoms with Crippen LogP contribution in [0.2, 0.25) is 0 Å². The van der Waals surface area contributed by atoms with E-state index >= 15 is 0 Å². The van der Waals surface area contributed by atoms with Gasteiger partial charge < -0.3 is 14.2 Å². The van der Waals surface area contributed by atoms with Crippen molar-refractivity contribution < 1.29 is 28.6 Å². The second-order valence-corrected chi connectivity index (χ2v) is 19.5. The number of carbonyl (C=O) groups is 3. The minimum absolute atomic E-state index is 0.0995. The van der Waals surface area contributed by atoms with Crippen molar-refractivity contribution in [3.05, 3.63) is 97.2 Å². The van der Waals surface area contributed by atoms with Crippen molar-refractivity contribution in [2.45, 2.75) is 284 Å². The zero-order valence-electron chi connectivity index (χ0n) is 46.5. The second-order valence-electron chi connectivity index (χ2n) is 19.5. The van der Waals surface area contributed by atoms with Crippen molar-refractivity contribution in [3.8, 4) is 0 Å².